The topological polar surface area (TPSA) is 20.3 Å². The van der Waals surface area contributed by atoms with Crippen LogP contribution < -0.4 is 0 Å². The molecule has 1 aromatic carbocycles. The summed E-state index contributed by atoms with van der Waals surface area (Å²) in [7, 11) is 0. The van der Waals surface area contributed by atoms with Gasteiger partial charge in [-0.3, -0.25) is 4.79 Å². The molecule has 0 bridgehead atoms. The van der Waals surface area contributed by atoms with E-state index in [0.29, 0.717) is 12.5 Å². The van der Waals surface area contributed by atoms with Crippen LogP contribution in [0, 0.1) is 0 Å². The Morgan fingerprint density at radius 3 is 2.47 bits per heavy atom. The fraction of sp³-hybridized carbons (Fsp3) is 0.562. The Labute approximate surface area is 124 Å². The van der Waals surface area contributed by atoms with E-state index < -0.39 is 0 Å². The molecular formula is C16H22BrNO. The lowest BCUT2D eigenvalue weighted by Crippen LogP contribution is -2.34. The predicted octanol–water partition coefficient (Wildman–Crippen LogP) is 4.29. The molecule has 0 unspecified atom stereocenters. The van der Waals surface area contributed by atoms with E-state index in [-0.39, 0.29) is 5.78 Å². The molecule has 3 heteroatoms. The van der Waals surface area contributed by atoms with Crippen molar-refractivity contribution in [3.8, 4) is 0 Å². The molecule has 0 heterocycles. The molecule has 0 atom stereocenters. The zero-order valence-corrected chi connectivity index (χ0v) is 13.2. The van der Waals surface area contributed by atoms with Crippen molar-refractivity contribution in [2.24, 2.45) is 0 Å². The van der Waals surface area contributed by atoms with Crippen LogP contribution in [0.4, 0.5) is 0 Å². The molecule has 1 aliphatic rings. The maximum atomic E-state index is 12.1. The summed E-state index contributed by atoms with van der Waals surface area (Å²) in [4.78, 5) is 14.6. The zero-order chi connectivity index (χ0) is 13.7. The van der Waals surface area contributed by atoms with Crippen LogP contribution in [0.15, 0.2) is 28.7 Å². The minimum absolute atomic E-state index is 0.254. The number of carbonyl (C=O) groups excluding carboxylic acids is 1. The van der Waals surface area contributed by atoms with Crippen molar-refractivity contribution in [1.29, 1.82) is 0 Å². The molecule has 1 aromatic rings. The second kappa shape index (κ2) is 7.20. The van der Waals surface area contributed by atoms with Crippen LogP contribution in [-0.4, -0.2) is 29.8 Å². The second-order valence-electron chi connectivity index (χ2n) is 5.25. The molecule has 0 spiro atoms. The fourth-order valence-electron chi connectivity index (χ4n) is 2.89. The van der Waals surface area contributed by atoms with Crippen LogP contribution in [0.25, 0.3) is 0 Å². The first-order chi connectivity index (χ1) is 9.20. The molecule has 0 amide bonds. The largest absolute Gasteiger partial charge is 0.300 e. The van der Waals surface area contributed by atoms with Gasteiger partial charge in [-0.2, -0.15) is 0 Å². The quantitative estimate of drug-likeness (QED) is 0.728. The first kappa shape index (κ1) is 14.7. The molecule has 1 fully saturated rings. The normalized spacial score (nSPS) is 16.2. The second-order valence-corrected chi connectivity index (χ2v) is 6.16. The Morgan fingerprint density at radius 1 is 1.26 bits per heavy atom. The Hall–Kier alpha value is -0.670. The lowest BCUT2D eigenvalue weighted by Gasteiger charge is -2.27. The molecule has 0 N–H and O–H groups in total. The molecule has 0 saturated heterocycles. The number of hydrogen-bond donors (Lipinski definition) is 0. The SMILES string of the molecule is CCN(CCC(=O)c1ccc(Br)cc1)C1CCCC1. The van der Waals surface area contributed by atoms with Crippen molar-refractivity contribution < 1.29 is 4.79 Å². The van der Waals surface area contributed by atoms with E-state index in [9.17, 15) is 4.79 Å². The first-order valence-electron chi connectivity index (χ1n) is 7.23. The number of ketones is 1. The predicted molar refractivity (Wildman–Crippen MR) is 82.6 cm³/mol. The molecule has 104 valence electrons. The third kappa shape index (κ3) is 4.15. The van der Waals surface area contributed by atoms with E-state index in [2.05, 4.69) is 27.8 Å². The summed E-state index contributed by atoms with van der Waals surface area (Å²) in [6.45, 7) is 4.15. The highest BCUT2D eigenvalue weighted by Crippen LogP contribution is 2.23. The van der Waals surface area contributed by atoms with Crippen molar-refractivity contribution in [2.45, 2.75) is 45.1 Å². The van der Waals surface area contributed by atoms with Crippen LogP contribution >= 0.6 is 15.9 Å². The number of hydrogen-bond acceptors (Lipinski definition) is 2. The van der Waals surface area contributed by atoms with Gasteiger partial charge in [-0.15, -0.1) is 0 Å². The Morgan fingerprint density at radius 2 is 1.89 bits per heavy atom. The van der Waals surface area contributed by atoms with Gasteiger partial charge in [0, 0.05) is 29.0 Å². The highest BCUT2D eigenvalue weighted by Gasteiger charge is 2.21. The molecule has 0 radical (unpaired) electrons. The minimum atomic E-state index is 0.254. The number of carbonyl (C=O) groups is 1. The minimum Gasteiger partial charge on any atom is -0.300 e. The lowest BCUT2D eigenvalue weighted by atomic mass is 10.1. The molecule has 2 nitrogen and oxygen atoms in total. The fourth-order valence-corrected chi connectivity index (χ4v) is 3.16. The van der Waals surface area contributed by atoms with Crippen molar-refractivity contribution in [2.75, 3.05) is 13.1 Å². The number of nitrogens with zero attached hydrogens (tertiary/aromatic N) is 1. The van der Waals surface area contributed by atoms with Gasteiger partial charge in [-0.25, -0.2) is 0 Å². The third-order valence-electron chi connectivity index (χ3n) is 4.04. The molecule has 1 saturated carbocycles. The average molecular weight is 324 g/mol. The summed E-state index contributed by atoms with van der Waals surface area (Å²) in [5, 5.41) is 0. The summed E-state index contributed by atoms with van der Waals surface area (Å²) in [6, 6.07) is 8.38. The highest BCUT2D eigenvalue weighted by atomic mass is 79.9. The van der Waals surface area contributed by atoms with Crippen LogP contribution in [0.5, 0.6) is 0 Å². The van der Waals surface area contributed by atoms with Gasteiger partial charge in [-0.1, -0.05) is 47.8 Å². The first-order valence-corrected chi connectivity index (χ1v) is 8.03. The Balaban J connectivity index is 1.86. The van der Waals surface area contributed by atoms with Gasteiger partial charge < -0.3 is 4.90 Å². The molecule has 0 aromatic heterocycles. The van der Waals surface area contributed by atoms with Crippen LogP contribution in [-0.2, 0) is 0 Å². The van der Waals surface area contributed by atoms with Gasteiger partial charge in [0.1, 0.15) is 0 Å². The maximum Gasteiger partial charge on any atom is 0.164 e. The van der Waals surface area contributed by atoms with Crippen molar-refractivity contribution in [3.63, 3.8) is 0 Å². The highest BCUT2D eigenvalue weighted by molar-refractivity contribution is 9.10. The summed E-state index contributed by atoms with van der Waals surface area (Å²) in [6.07, 6.45) is 5.94. The van der Waals surface area contributed by atoms with Crippen molar-refractivity contribution >= 4 is 21.7 Å². The van der Waals surface area contributed by atoms with Gasteiger partial charge in [0.2, 0.25) is 0 Å². The van der Waals surface area contributed by atoms with Gasteiger partial charge in [0.15, 0.2) is 5.78 Å². The third-order valence-corrected chi connectivity index (χ3v) is 4.57. The van der Waals surface area contributed by atoms with Crippen molar-refractivity contribution in [1.82, 2.24) is 4.90 Å². The van der Waals surface area contributed by atoms with Gasteiger partial charge in [0.25, 0.3) is 0 Å². The van der Waals surface area contributed by atoms with Gasteiger partial charge >= 0.3 is 0 Å². The summed E-state index contributed by atoms with van der Waals surface area (Å²) >= 11 is 3.39. The van der Waals surface area contributed by atoms with E-state index in [1.807, 2.05) is 24.3 Å². The molecule has 0 aliphatic heterocycles. The summed E-state index contributed by atoms with van der Waals surface area (Å²) < 4.78 is 1.02. The standard InChI is InChI=1S/C16H22BrNO/c1-2-18(15-5-3-4-6-15)12-11-16(19)13-7-9-14(17)10-8-13/h7-10,15H,2-6,11-12H2,1H3. The van der Waals surface area contributed by atoms with E-state index >= 15 is 0 Å². The van der Waals surface area contributed by atoms with Crippen molar-refractivity contribution in [3.05, 3.63) is 34.3 Å². The molecule has 19 heavy (non-hydrogen) atoms. The van der Waals surface area contributed by atoms with E-state index in [1.165, 1.54) is 25.7 Å². The average Bonchev–Trinajstić information content (AvgIpc) is 2.94. The van der Waals surface area contributed by atoms with Gasteiger partial charge in [0.05, 0.1) is 0 Å². The van der Waals surface area contributed by atoms with Crippen LogP contribution in [0.3, 0.4) is 0 Å². The van der Waals surface area contributed by atoms with Crippen LogP contribution in [0.2, 0.25) is 0 Å². The lowest BCUT2D eigenvalue weighted by molar-refractivity contribution is 0.0953. The summed E-state index contributed by atoms with van der Waals surface area (Å²) in [5.41, 5.74) is 0.825. The smallest absolute Gasteiger partial charge is 0.164 e. The van der Waals surface area contributed by atoms with E-state index in [1.54, 1.807) is 0 Å². The molecule has 2 rings (SSSR count). The number of Topliss-reactive ketones (excluding diaryl/α,β-unsaturated/α-hetero) is 1. The number of benzene rings is 1. The Bertz CT molecular complexity index is 409. The summed E-state index contributed by atoms with van der Waals surface area (Å²) in [5.74, 6) is 0.254. The maximum absolute atomic E-state index is 12.1. The monoisotopic (exact) mass is 323 g/mol. The molecule has 1 aliphatic carbocycles. The Kier molecular flexibility index (Phi) is 5.59. The van der Waals surface area contributed by atoms with E-state index in [0.717, 1.165) is 23.1 Å². The van der Waals surface area contributed by atoms with E-state index in [4.69, 9.17) is 0 Å². The number of halogens is 1. The molecular weight excluding hydrogens is 302 g/mol. The van der Waals surface area contributed by atoms with Crippen LogP contribution in [0.1, 0.15) is 49.4 Å². The van der Waals surface area contributed by atoms with Gasteiger partial charge in [-0.05, 0) is 31.5 Å². The number of rotatable bonds is 6. The zero-order valence-electron chi connectivity index (χ0n) is 11.6.